The highest BCUT2D eigenvalue weighted by Crippen LogP contribution is 2.51. The van der Waals surface area contributed by atoms with Crippen molar-refractivity contribution in [3.63, 3.8) is 0 Å². The van der Waals surface area contributed by atoms with Crippen LogP contribution in [0.1, 0.15) is 98.4 Å². The van der Waals surface area contributed by atoms with Crippen molar-refractivity contribution in [1.82, 2.24) is 20.4 Å². The van der Waals surface area contributed by atoms with Crippen LogP contribution < -0.4 is 10.1 Å². The average molecular weight is 652 g/mol. The topological polar surface area (TPSA) is 139 Å². The van der Waals surface area contributed by atoms with Gasteiger partial charge < -0.3 is 24.0 Å². The Hall–Kier alpha value is -4.10. The Balaban J connectivity index is 2.00. The van der Waals surface area contributed by atoms with Crippen LogP contribution in [0.25, 0.3) is 11.4 Å². The van der Waals surface area contributed by atoms with E-state index in [0.717, 1.165) is 31.7 Å². The van der Waals surface area contributed by atoms with Crippen molar-refractivity contribution in [3.8, 4) is 17.1 Å². The van der Waals surface area contributed by atoms with Crippen LogP contribution in [0.3, 0.4) is 0 Å². The first kappa shape index (κ1) is 36.4. The third kappa shape index (κ3) is 9.00. The molecule has 0 unspecified atom stereocenters. The van der Waals surface area contributed by atoms with Crippen molar-refractivity contribution < 1.29 is 41.9 Å². The molecule has 0 radical (unpaired) electrons. The Morgan fingerprint density at radius 1 is 1.15 bits per heavy atom. The number of guanidine groups is 1. The molecule has 1 aromatic heterocycles. The molecule has 2 heterocycles. The number of carbonyl (C=O) groups is 2. The van der Waals surface area contributed by atoms with Gasteiger partial charge in [-0.15, -0.1) is 4.99 Å². The second kappa shape index (κ2) is 14.5. The normalized spacial score (nSPS) is 17.9. The molecular weight excluding hydrogens is 607 g/mol. The highest BCUT2D eigenvalue weighted by atomic mass is 19.4. The number of unbranched alkanes of at least 4 members (excludes halogenated alkanes) is 3. The minimum absolute atomic E-state index is 0.0115. The first-order valence-electron chi connectivity index (χ1n) is 15.3. The molecule has 1 atom stereocenters. The quantitative estimate of drug-likeness (QED) is 0.119. The van der Waals surface area contributed by atoms with Crippen LogP contribution in [-0.4, -0.2) is 57.0 Å². The molecule has 2 amide bonds. The summed E-state index contributed by atoms with van der Waals surface area (Å²) in [6.45, 7) is 12.9. The average Bonchev–Trinajstić information content (AvgIpc) is 3.59. The number of ether oxygens (including phenoxy) is 2. The number of carboxylic acid groups (broad SMARTS) is 1. The van der Waals surface area contributed by atoms with Crippen LogP contribution in [-0.2, 0) is 16.5 Å². The van der Waals surface area contributed by atoms with E-state index in [0.29, 0.717) is 12.8 Å². The van der Waals surface area contributed by atoms with Gasteiger partial charge in [0.2, 0.25) is 11.8 Å². The number of rotatable bonds is 9. The summed E-state index contributed by atoms with van der Waals surface area (Å²) in [4.78, 5) is 34.4. The first-order valence-corrected chi connectivity index (χ1v) is 15.3. The van der Waals surface area contributed by atoms with E-state index in [1.165, 1.54) is 12.1 Å². The van der Waals surface area contributed by atoms with E-state index in [1.807, 2.05) is 26.8 Å². The molecule has 1 saturated heterocycles. The summed E-state index contributed by atoms with van der Waals surface area (Å²) >= 11 is 0. The van der Waals surface area contributed by atoms with Gasteiger partial charge >= 0.3 is 18.4 Å². The van der Waals surface area contributed by atoms with E-state index in [4.69, 9.17) is 14.0 Å². The van der Waals surface area contributed by atoms with Crippen LogP contribution in [0.15, 0.2) is 39.9 Å². The van der Waals surface area contributed by atoms with E-state index >= 15 is 0 Å². The van der Waals surface area contributed by atoms with Gasteiger partial charge in [-0.25, -0.2) is 9.59 Å². The van der Waals surface area contributed by atoms with Gasteiger partial charge in [0.05, 0.1) is 5.56 Å². The number of hydrogen-bond acceptors (Lipinski definition) is 7. The highest BCUT2D eigenvalue weighted by molar-refractivity contribution is 5.99. The molecule has 46 heavy (non-hydrogen) atoms. The molecule has 2 N–H and O–H groups in total. The van der Waals surface area contributed by atoms with Gasteiger partial charge in [0.25, 0.3) is 5.89 Å². The predicted molar refractivity (Wildman–Crippen MR) is 165 cm³/mol. The number of halogens is 3. The van der Waals surface area contributed by atoms with Crippen molar-refractivity contribution in [3.05, 3.63) is 41.8 Å². The van der Waals surface area contributed by atoms with Crippen molar-refractivity contribution in [2.45, 2.75) is 104 Å². The Kier molecular flexibility index (Phi) is 11.5. The largest absolute Gasteiger partial charge is 0.489 e. The lowest BCUT2D eigenvalue weighted by molar-refractivity contribution is -0.138. The maximum Gasteiger partial charge on any atom is 0.437 e. The number of nitrogens with zero attached hydrogens (tertiary/aromatic N) is 4. The fourth-order valence-electron chi connectivity index (χ4n) is 5.41. The number of amides is 2. The van der Waals surface area contributed by atoms with Gasteiger partial charge in [-0.2, -0.15) is 18.2 Å². The fourth-order valence-corrected chi connectivity index (χ4v) is 5.41. The number of hydrogen-bond donors (Lipinski definition) is 2. The molecule has 1 aromatic carbocycles. The Morgan fingerprint density at radius 3 is 2.48 bits per heavy atom. The summed E-state index contributed by atoms with van der Waals surface area (Å²) in [6.07, 6.45) is 1.32. The van der Waals surface area contributed by atoms with Crippen LogP contribution in [0.5, 0.6) is 5.75 Å². The number of nitrogens with one attached hydrogen (secondary N) is 1. The minimum atomic E-state index is -4.72. The van der Waals surface area contributed by atoms with E-state index in [1.54, 1.807) is 31.7 Å². The summed E-state index contributed by atoms with van der Waals surface area (Å²) < 4.78 is 58.8. The lowest BCUT2D eigenvalue weighted by atomic mass is 9.71. The molecular formula is C32H44F3N5O6. The van der Waals surface area contributed by atoms with Crippen molar-refractivity contribution >= 4 is 18.1 Å². The van der Waals surface area contributed by atoms with E-state index in [9.17, 15) is 27.9 Å². The Labute approximate surface area is 267 Å². The van der Waals surface area contributed by atoms with Crippen molar-refractivity contribution in [2.75, 3.05) is 13.2 Å². The van der Waals surface area contributed by atoms with Gasteiger partial charge in [-0.05, 0) is 70.1 Å². The standard InChI is InChI=1S/C32H44F3N5O6/c1-8-9-10-11-12-13-19-44-23-16-15-21(20-22(23)32(33,34)35)24-36-25(46-39-24)31(29(2,3)4)17-14-18-40(31)26(37-27(41)42)38-28(43)45-30(5,6)7/h12-13,15-16,20H,8-11,14,17-19H2,1-7H3,(H,41,42)(H,37,38,43)/t31-/m1/s1. The van der Waals surface area contributed by atoms with E-state index in [-0.39, 0.29) is 42.1 Å². The maximum absolute atomic E-state index is 14.1. The summed E-state index contributed by atoms with van der Waals surface area (Å²) in [6, 6.07) is 3.55. The minimum Gasteiger partial charge on any atom is -0.489 e. The van der Waals surface area contributed by atoms with Gasteiger partial charge in [-0.1, -0.05) is 57.8 Å². The molecule has 14 heteroatoms. The van der Waals surface area contributed by atoms with Gasteiger partial charge in [0.1, 0.15) is 23.5 Å². The lowest BCUT2D eigenvalue weighted by Gasteiger charge is -2.46. The van der Waals surface area contributed by atoms with Crippen LogP contribution in [0, 0.1) is 5.41 Å². The zero-order valence-corrected chi connectivity index (χ0v) is 27.5. The van der Waals surface area contributed by atoms with Crippen LogP contribution in [0.4, 0.5) is 22.8 Å². The number of likely N-dealkylation sites (tertiary alicyclic amines) is 1. The number of aromatic nitrogens is 2. The van der Waals surface area contributed by atoms with Gasteiger partial charge in [-0.3, -0.25) is 5.32 Å². The SMILES string of the molecule is CCCCCC=CCOc1ccc(-c2noc([C@@]3(C(C)(C)C)CCCN3C(=NC(=O)OC(C)(C)C)NC(=O)O)n2)cc1C(F)(F)F. The summed E-state index contributed by atoms with van der Waals surface area (Å²) in [5.74, 6) is -0.697. The molecule has 1 fully saturated rings. The van der Waals surface area contributed by atoms with Crippen LogP contribution in [0.2, 0.25) is 0 Å². The second-order valence-corrected chi connectivity index (χ2v) is 13.1. The number of aliphatic imine (C=N–C) groups is 1. The van der Waals surface area contributed by atoms with E-state index < -0.39 is 40.5 Å². The molecule has 1 aliphatic rings. The van der Waals surface area contributed by atoms with Crippen LogP contribution >= 0.6 is 0 Å². The number of carbonyl (C=O) groups excluding carboxylic acids is 1. The smallest absolute Gasteiger partial charge is 0.437 e. The molecule has 0 aliphatic carbocycles. The zero-order chi connectivity index (χ0) is 34.3. The van der Waals surface area contributed by atoms with E-state index in [2.05, 4.69) is 27.4 Å². The zero-order valence-electron chi connectivity index (χ0n) is 27.5. The Bertz CT molecular complexity index is 1420. The predicted octanol–water partition coefficient (Wildman–Crippen LogP) is 8.17. The lowest BCUT2D eigenvalue weighted by Crippen LogP contribution is -2.57. The molecule has 11 nitrogen and oxygen atoms in total. The highest BCUT2D eigenvalue weighted by Gasteiger charge is 2.56. The fraction of sp³-hybridized carbons (Fsp3) is 0.594. The molecule has 3 rings (SSSR count). The molecule has 0 bridgehead atoms. The maximum atomic E-state index is 14.1. The molecule has 254 valence electrons. The summed E-state index contributed by atoms with van der Waals surface area (Å²) in [5.41, 5.74) is -3.74. The number of alkyl halides is 3. The number of allylic oxidation sites excluding steroid dienone is 1. The molecule has 2 aromatic rings. The van der Waals surface area contributed by atoms with Gasteiger partial charge in [0, 0.05) is 12.1 Å². The molecule has 0 saturated carbocycles. The summed E-state index contributed by atoms with van der Waals surface area (Å²) in [5, 5.41) is 15.8. The van der Waals surface area contributed by atoms with Crippen molar-refractivity contribution in [2.24, 2.45) is 10.4 Å². The first-order chi connectivity index (χ1) is 21.4. The molecule has 0 spiro atoms. The monoisotopic (exact) mass is 651 g/mol. The summed E-state index contributed by atoms with van der Waals surface area (Å²) in [7, 11) is 0. The number of benzene rings is 1. The van der Waals surface area contributed by atoms with Crippen molar-refractivity contribution in [1.29, 1.82) is 0 Å². The molecule has 1 aliphatic heterocycles. The Morgan fingerprint density at radius 2 is 1.87 bits per heavy atom. The third-order valence-corrected chi connectivity index (χ3v) is 7.49. The third-order valence-electron chi connectivity index (χ3n) is 7.49. The second-order valence-electron chi connectivity index (χ2n) is 13.1. The van der Waals surface area contributed by atoms with Gasteiger partial charge in [0.15, 0.2) is 0 Å².